The van der Waals surface area contributed by atoms with Gasteiger partial charge in [0.15, 0.2) is 0 Å². The van der Waals surface area contributed by atoms with Gasteiger partial charge in [-0.15, -0.1) is 0 Å². The third-order valence-electron chi connectivity index (χ3n) is 9.61. The fourth-order valence-electron chi connectivity index (χ4n) is 6.92. The molecule has 2 unspecified atom stereocenters. The molecule has 5 heterocycles. The van der Waals surface area contributed by atoms with Crippen LogP contribution < -0.4 is 10.2 Å². The lowest BCUT2D eigenvalue weighted by atomic mass is 9.96. The summed E-state index contributed by atoms with van der Waals surface area (Å²) in [5.41, 5.74) is 2.06. The number of nitrogens with one attached hydrogen (secondary N) is 1. The zero-order valence-electron chi connectivity index (χ0n) is 25.5. The van der Waals surface area contributed by atoms with Gasteiger partial charge in [-0.3, -0.25) is 4.79 Å². The number of methoxy groups -OCH3 is 1. The van der Waals surface area contributed by atoms with Crippen molar-refractivity contribution in [3.8, 4) is 0 Å². The average Bonchev–Trinajstić information content (AvgIpc) is 3.04. The summed E-state index contributed by atoms with van der Waals surface area (Å²) in [6.45, 7) is 6.64. The van der Waals surface area contributed by atoms with Gasteiger partial charge in [0, 0.05) is 76.7 Å². The molecule has 0 spiro atoms. The molecule has 3 saturated heterocycles. The molecule has 12 heteroatoms. The molecular formula is C32H42F3N5O4. The SMILES string of the molecule is COC1COCCC1NC1CCN(C(=O)c2nc(C3CCOCC3)nc(N3CCc4cc(C(F)(F)F)ccc4C3)c2C)CC1. The van der Waals surface area contributed by atoms with Gasteiger partial charge in [-0.25, -0.2) is 9.97 Å². The molecule has 1 amide bonds. The summed E-state index contributed by atoms with van der Waals surface area (Å²) in [4.78, 5) is 27.9. The van der Waals surface area contributed by atoms with Gasteiger partial charge in [-0.1, -0.05) is 6.07 Å². The van der Waals surface area contributed by atoms with Crippen molar-refractivity contribution in [3.63, 3.8) is 0 Å². The lowest BCUT2D eigenvalue weighted by Crippen LogP contribution is -2.54. The first-order valence-electron chi connectivity index (χ1n) is 15.8. The largest absolute Gasteiger partial charge is 0.416 e. The summed E-state index contributed by atoms with van der Waals surface area (Å²) in [5, 5.41) is 3.74. The molecule has 0 bridgehead atoms. The van der Waals surface area contributed by atoms with Gasteiger partial charge in [-0.05, 0) is 68.7 Å². The molecule has 1 aromatic heterocycles. The number of carbonyl (C=O) groups excluding carboxylic acids is 1. The Hall–Kier alpha value is -2.80. The van der Waals surface area contributed by atoms with Crippen molar-refractivity contribution in [2.75, 3.05) is 58.1 Å². The number of nitrogens with zero attached hydrogens (tertiary/aromatic N) is 4. The van der Waals surface area contributed by atoms with Crippen molar-refractivity contribution in [3.05, 3.63) is 52.0 Å². The maximum Gasteiger partial charge on any atom is 0.416 e. The Balaban J connectivity index is 1.21. The van der Waals surface area contributed by atoms with E-state index in [4.69, 9.17) is 24.2 Å². The van der Waals surface area contributed by atoms with Crippen molar-refractivity contribution in [2.45, 2.75) is 82.3 Å². The number of hydrogen-bond donors (Lipinski definition) is 1. The average molecular weight is 618 g/mol. The molecule has 1 N–H and O–H groups in total. The number of halogens is 3. The van der Waals surface area contributed by atoms with Crippen LogP contribution in [-0.2, 0) is 33.4 Å². The fraction of sp³-hybridized carbons (Fsp3) is 0.656. The topological polar surface area (TPSA) is 89.0 Å². The highest BCUT2D eigenvalue weighted by atomic mass is 19.4. The van der Waals surface area contributed by atoms with E-state index in [9.17, 15) is 18.0 Å². The predicted octanol–water partition coefficient (Wildman–Crippen LogP) is 4.26. The Labute approximate surface area is 256 Å². The lowest BCUT2D eigenvalue weighted by molar-refractivity contribution is -0.137. The molecule has 3 fully saturated rings. The predicted molar refractivity (Wildman–Crippen MR) is 158 cm³/mol. The first-order chi connectivity index (χ1) is 21.2. The van der Waals surface area contributed by atoms with E-state index in [1.807, 2.05) is 11.8 Å². The molecule has 6 rings (SSSR count). The fourth-order valence-corrected chi connectivity index (χ4v) is 6.92. The van der Waals surface area contributed by atoms with Crippen LogP contribution in [0.15, 0.2) is 18.2 Å². The van der Waals surface area contributed by atoms with Crippen molar-refractivity contribution >= 4 is 11.7 Å². The Kier molecular flexibility index (Phi) is 9.42. The number of alkyl halides is 3. The highest BCUT2D eigenvalue weighted by molar-refractivity contribution is 5.95. The van der Waals surface area contributed by atoms with E-state index >= 15 is 0 Å². The van der Waals surface area contributed by atoms with Crippen molar-refractivity contribution < 1.29 is 32.2 Å². The Morgan fingerprint density at radius 1 is 1.00 bits per heavy atom. The number of likely N-dealkylation sites (tertiary alicyclic amines) is 1. The second-order valence-corrected chi connectivity index (χ2v) is 12.4. The molecule has 4 aliphatic heterocycles. The van der Waals surface area contributed by atoms with E-state index in [0.29, 0.717) is 86.9 Å². The number of fused-ring (bicyclic) bond motifs is 1. The smallest absolute Gasteiger partial charge is 0.381 e. The number of rotatable bonds is 6. The number of amides is 1. The molecular weight excluding hydrogens is 575 g/mol. The zero-order chi connectivity index (χ0) is 30.8. The van der Waals surface area contributed by atoms with Crippen LogP contribution in [0.4, 0.5) is 19.0 Å². The maximum atomic E-state index is 14.0. The molecule has 240 valence electrons. The van der Waals surface area contributed by atoms with Crippen LogP contribution in [0.1, 0.15) is 76.6 Å². The van der Waals surface area contributed by atoms with Crippen LogP contribution in [0.3, 0.4) is 0 Å². The lowest BCUT2D eigenvalue weighted by Gasteiger charge is -2.38. The number of anilines is 1. The molecule has 4 aliphatic rings. The summed E-state index contributed by atoms with van der Waals surface area (Å²) in [6.07, 6.45) is 0.275. The molecule has 1 aromatic carbocycles. The third-order valence-corrected chi connectivity index (χ3v) is 9.61. The number of ether oxygens (including phenoxy) is 3. The summed E-state index contributed by atoms with van der Waals surface area (Å²) in [5.74, 6) is 1.34. The number of carbonyl (C=O) groups is 1. The molecule has 9 nitrogen and oxygen atoms in total. The number of hydrogen-bond acceptors (Lipinski definition) is 8. The van der Waals surface area contributed by atoms with Gasteiger partial charge in [0.25, 0.3) is 5.91 Å². The van der Waals surface area contributed by atoms with E-state index < -0.39 is 11.7 Å². The molecule has 0 saturated carbocycles. The number of benzene rings is 1. The van der Waals surface area contributed by atoms with Gasteiger partial charge in [0.1, 0.15) is 17.3 Å². The number of aromatic nitrogens is 2. The summed E-state index contributed by atoms with van der Waals surface area (Å²) in [6, 6.07) is 4.51. The van der Waals surface area contributed by atoms with Crippen molar-refractivity contribution in [2.24, 2.45) is 0 Å². The van der Waals surface area contributed by atoms with Crippen molar-refractivity contribution in [1.82, 2.24) is 20.2 Å². The maximum absolute atomic E-state index is 14.0. The van der Waals surface area contributed by atoms with Crippen molar-refractivity contribution in [1.29, 1.82) is 0 Å². The highest BCUT2D eigenvalue weighted by Crippen LogP contribution is 2.35. The van der Waals surface area contributed by atoms with Crippen LogP contribution in [0.25, 0.3) is 0 Å². The van der Waals surface area contributed by atoms with E-state index in [1.165, 1.54) is 6.07 Å². The van der Waals surface area contributed by atoms with E-state index in [1.54, 1.807) is 13.2 Å². The van der Waals surface area contributed by atoms with E-state index in [-0.39, 0.29) is 24.0 Å². The molecule has 0 radical (unpaired) electrons. The minimum atomic E-state index is -4.37. The van der Waals surface area contributed by atoms with Crippen LogP contribution in [0.2, 0.25) is 0 Å². The van der Waals surface area contributed by atoms with Crippen LogP contribution >= 0.6 is 0 Å². The normalized spacial score (nSPS) is 23.9. The molecule has 0 aliphatic carbocycles. The Bertz CT molecular complexity index is 1330. The van der Waals surface area contributed by atoms with Crippen LogP contribution in [0, 0.1) is 6.92 Å². The Morgan fingerprint density at radius 3 is 2.48 bits per heavy atom. The monoisotopic (exact) mass is 617 g/mol. The minimum absolute atomic E-state index is 0.0301. The standard InChI is InChI=1S/C32H42F3N5O4/c1-20-28(31(41)39-12-6-25(7-13-39)36-26-10-16-44-19-27(26)42-2)37-29(21-8-14-43-15-9-21)38-30(20)40-11-5-22-17-24(32(33,34)35)4-3-23(22)18-40/h3-4,17,21,25-27,36H,5-16,18-19H2,1-2H3. The molecule has 44 heavy (non-hydrogen) atoms. The summed E-state index contributed by atoms with van der Waals surface area (Å²) >= 11 is 0. The van der Waals surface area contributed by atoms with Gasteiger partial charge in [0.2, 0.25) is 0 Å². The highest BCUT2D eigenvalue weighted by Gasteiger charge is 2.34. The molecule has 2 atom stereocenters. The van der Waals surface area contributed by atoms with E-state index in [0.717, 1.165) is 50.3 Å². The minimum Gasteiger partial charge on any atom is -0.381 e. The van der Waals surface area contributed by atoms with Gasteiger partial charge >= 0.3 is 6.18 Å². The second-order valence-electron chi connectivity index (χ2n) is 12.4. The second kappa shape index (κ2) is 13.3. The molecule has 2 aromatic rings. The first-order valence-corrected chi connectivity index (χ1v) is 15.8. The van der Waals surface area contributed by atoms with Crippen LogP contribution in [0.5, 0.6) is 0 Å². The zero-order valence-corrected chi connectivity index (χ0v) is 25.5. The van der Waals surface area contributed by atoms with E-state index in [2.05, 4.69) is 10.2 Å². The van der Waals surface area contributed by atoms with Gasteiger partial charge < -0.3 is 29.3 Å². The summed E-state index contributed by atoms with van der Waals surface area (Å²) < 4.78 is 56.7. The summed E-state index contributed by atoms with van der Waals surface area (Å²) in [7, 11) is 1.72. The number of piperidine rings is 1. The third kappa shape index (κ3) is 6.73. The Morgan fingerprint density at radius 2 is 1.75 bits per heavy atom. The van der Waals surface area contributed by atoms with Crippen LogP contribution in [-0.4, -0.2) is 92.1 Å². The first kappa shape index (κ1) is 31.2. The van der Waals surface area contributed by atoms with Gasteiger partial charge in [-0.2, -0.15) is 13.2 Å². The van der Waals surface area contributed by atoms with Gasteiger partial charge in [0.05, 0.1) is 18.3 Å². The quantitative estimate of drug-likeness (QED) is 0.515.